The van der Waals surface area contributed by atoms with Crippen molar-refractivity contribution in [2.45, 2.75) is 38.1 Å². The van der Waals surface area contributed by atoms with Crippen LogP contribution in [0.15, 0.2) is 48.8 Å². The Labute approximate surface area is 126 Å². The minimum Gasteiger partial charge on any atom is -0.312 e. The van der Waals surface area contributed by atoms with Crippen LogP contribution in [0.2, 0.25) is 0 Å². The van der Waals surface area contributed by atoms with Gasteiger partial charge < -0.3 is 5.32 Å². The molecule has 1 N–H and O–H groups in total. The molecule has 0 aliphatic heterocycles. The zero-order valence-electron chi connectivity index (χ0n) is 12.9. The van der Waals surface area contributed by atoms with E-state index in [0.717, 1.165) is 12.8 Å². The van der Waals surface area contributed by atoms with E-state index in [1.54, 1.807) is 12.3 Å². The number of rotatable bonds is 6. The molecule has 112 valence electrons. The fraction of sp³-hybridized carbons (Fsp3) is 0.389. The molecule has 0 spiro atoms. The van der Waals surface area contributed by atoms with Gasteiger partial charge in [0.2, 0.25) is 0 Å². The molecule has 0 radical (unpaired) electrons. The molecule has 2 nitrogen and oxygen atoms in total. The van der Waals surface area contributed by atoms with Crippen molar-refractivity contribution < 1.29 is 4.39 Å². The summed E-state index contributed by atoms with van der Waals surface area (Å²) in [6.45, 7) is 4.33. The van der Waals surface area contributed by atoms with E-state index in [0.29, 0.717) is 5.56 Å². The first-order valence-corrected chi connectivity index (χ1v) is 7.51. The Balaban J connectivity index is 2.57. The van der Waals surface area contributed by atoms with Crippen molar-refractivity contribution in [2.75, 3.05) is 7.05 Å². The summed E-state index contributed by atoms with van der Waals surface area (Å²) in [5.74, 6) is -0.251. The Morgan fingerprint density at radius 1 is 1.14 bits per heavy atom. The van der Waals surface area contributed by atoms with Crippen LogP contribution in [0.25, 0.3) is 0 Å². The molecule has 0 aliphatic rings. The van der Waals surface area contributed by atoms with Gasteiger partial charge in [0.1, 0.15) is 5.82 Å². The lowest BCUT2D eigenvalue weighted by Gasteiger charge is -2.40. The van der Waals surface area contributed by atoms with Gasteiger partial charge in [-0.3, -0.25) is 4.98 Å². The summed E-state index contributed by atoms with van der Waals surface area (Å²) >= 11 is 0. The molecular weight excluding hydrogens is 263 g/mol. The van der Waals surface area contributed by atoms with E-state index in [1.165, 1.54) is 11.8 Å². The van der Waals surface area contributed by atoms with Crippen LogP contribution in [0.5, 0.6) is 0 Å². The molecule has 2 rings (SSSR count). The quantitative estimate of drug-likeness (QED) is 0.859. The van der Waals surface area contributed by atoms with Crippen molar-refractivity contribution in [3.8, 4) is 0 Å². The third-order valence-electron chi connectivity index (χ3n) is 4.57. The molecule has 0 aliphatic carbocycles. The van der Waals surface area contributed by atoms with E-state index in [1.807, 2.05) is 25.2 Å². The second kappa shape index (κ2) is 6.81. The topological polar surface area (TPSA) is 24.9 Å². The molecule has 0 saturated heterocycles. The van der Waals surface area contributed by atoms with E-state index in [2.05, 4.69) is 36.3 Å². The molecule has 2 aromatic rings. The molecule has 0 bridgehead atoms. The molecule has 0 saturated carbocycles. The smallest absolute Gasteiger partial charge is 0.146 e. The SMILES string of the molecule is CCC(CC)(c1ccccc1)C(NC)c1ccncc1F. The van der Waals surface area contributed by atoms with Crippen molar-refractivity contribution in [1.29, 1.82) is 0 Å². The van der Waals surface area contributed by atoms with Gasteiger partial charge in [-0.05, 0) is 31.5 Å². The third kappa shape index (κ3) is 2.84. The van der Waals surface area contributed by atoms with Crippen LogP contribution in [0.3, 0.4) is 0 Å². The molecule has 3 heteroatoms. The molecule has 0 fully saturated rings. The highest BCUT2D eigenvalue weighted by Gasteiger charge is 2.38. The van der Waals surface area contributed by atoms with Crippen LogP contribution < -0.4 is 5.32 Å². The van der Waals surface area contributed by atoms with Gasteiger partial charge >= 0.3 is 0 Å². The highest BCUT2D eigenvalue weighted by atomic mass is 19.1. The standard InChI is InChI=1S/C18H23FN2/c1-4-18(5-2,14-9-7-6-8-10-14)17(20-3)15-11-12-21-13-16(15)19/h6-13,17,20H,4-5H2,1-3H3. The first-order chi connectivity index (χ1) is 10.2. The van der Waals surface area contributed by atoms with Gasteiger partial charge in [-0.25, -0.2) is 4.39 Å². The predicted molar refractivity (Wildman–Crippen MR) is 84.7 cm³/mol. The number of hydrogen-bond acceptors (Lipinski definition) is 2. The lowest BCUT2D eigenvalue weighted by molar-refractivity contribution is 0.280. The first-order valence-electron chi connectivity index (χ1n) is 7.51. The zero-order chi connectivity index (χ0) is 15.3. The van der Waals surface area contributed by atoms with Gasteiger partial charge in [-0.2, -0.15) is 0 Å². The van der Waals surface area contributed by atoms with Crippen molar-refractivity contribution >= 4 is 0 Å². The second-order valence-corrected chi connectivity index (χ2v) is 5.35. The molecule has 1 aromatic carbocycles. The zero-order valence-corrected chi connectivity index (χ0v) is 12.9. The first kappa shape index (κ1) is 15.6. The molecule has 1 unspecified atom stereocenters. The number of likely N-dealkylation sites (N-methyl/N-ethyl adjacent to an activating group) is 1. The maximum Gasteiger partial charge on any atom is 0.146 e. The van der Waals surface area contributed by atoms with E-state index >= 15 is 0 Å². The molecular formula is C18H23FN2. The number of halogens is 1. The van der Waals surface area contributed by atoms with Crippen LogP contribution in [0.1, 0.15) is 43.9 Å². The fourth-order valence-electron chi connectivity index (χ4n) is 3.35. The third-order valence-corrected chi connectivity index (χ3v) is 4.57. The molecule has 1 heterocycles. The van der Waals surface area contributed by atoms with Crippen LogP contribution in [0, 0.1) is 5.82 Å². The fourth-order valence-corrected chi connectivity index (χ4v) is 3.35. The van der Waals surface area contributed by atoms with Gasteiger partial charge in [0.25, 0.3) is 0 Å². The van der Waals surface area contributed by atoms with Crippen molar-refractivity contribution in [3.63, 3.8) is 0 Å². The van der Waals surface area contributed by atoms with Crippen molar-refractivity contribution in [2.24, 2.45) is 0 Å². The van der Waals surface area contributed by atoms with Gasteiger partial charge in [-0.1, -0.05) is 44.2 Å². The van der Waals surface area contributed by atoms with Crippen LogP contribution in [-0.4, -0.2) is 12.0 Å². The minimum absolute atomic E-state index is 0.0853. The number of hydrogen-bond donors (Lipinski definition) is 1. The van der Waals surface area contributed by atoms with Gasteiger partial charge in [-0.15, -0.1) is 0 Å². The van der Waals surface area contributed by atoms with Crippen LogP contribution in [0.4, 0.5) is 4.39 Å². The second-order valence-electron chi connectivity index (χ2n) is 5.35. The Kier molecular flexibility index (Phi) is 5.07. The molecule has 1 atom stereocenters. The van der Waals surface area contributed by atoms with Gasteiger partial charge in [0.05, 0.1) is 6.20 Å². The highest BCUT2D eigenvalue weighted by molar-refractivity contribution is 5.33. The molecule has 0 amide bonds. The molecule has 1 aromatic heterocycles. The Hall–Kier alpha value is -1.74. The predicted octanol–water partition coefficient (Wildman–Crippen LogP) is 4.24. The number of nitrogens with one attached hydrogen (secondary N) is 1. The summed E-state index contributed by atoms with van der Waals surface area (Å²) in [5, 5.41) is 3.33. The average molecular weight is 286 g/mol. The number of aromatic nitrogens is 1. The number of nitrogens with zero attached hydrogens (tertiary/aromatic N) is 1. The van der Waals surface area contributed by atoms with E-state index in [9.17, 15) is 4.39 Å². The monoisotopic (exact) mass is 286 g/mol. The summed E-state index contributed by atoms with van der Waals surface area (Å²) in [6, 6.07) is 12.1. The normalized spacial score (nSPS) is 13.1. The Morgan fingerprint density at radius 2 is 1.81 bits per heavy atom. The average Bonchev–Trinajstić information content (AvgIpc) is 2.55. The van der Waals surface area contributed by atoms with Gasteiger partial charge in [0, 0.05) is 23.2 Å². The Bertz CT molecular complexity index is 564. The summed E-state index contributed by atoms with van der Waals surface area (Å²) in [5.41, 5.74) is 1.78. The summed E-state index contributed by atoms with van der Waals surface area (Å²) < 4.78 is 14.2. The number of pyridine rings is 1. The van der Waals surface area contributed by atoms with Crippen molar-refractivity contribution in [1.82, 2.24) is 10.3 Å². The van der Waals surface area contributed by atoms with E-state index in [4.69, 9.17) is 0 Å². The lowest BCUT2D eigenvalue weighted by atomic mass is 9.68. The maximum absolute atomic E-state index is 14.2. The van der Waals surface area contributed by atoms with Gasteiger partial charge in [0.15, 0.2) is 0 Å². The summed E-state index contributed by atoms with van der Waals surface area (Å²) in [7, 11) is 1.90. The largest absolute Gasteiger partial charge is 0.312 e. The highest BCUT2D eigenvalue weighted by Crippen LogP contribution is 2.43. The Morgan fingerprint density at radius 3 is 2.33 bits per heavy atom. The van der Waals surface area contributed by atoms with E-state index < -0.39 is 0 Å². The summed E-state index contributed by atoms with van der Waals surface area (Å²) in [6.07, 6.45) is 4.81. The van der Waals surface area contributed by atoms with Crippen LogP contribution in [-0.2, 0) is 5.41 Å². The minimum atomic E-state index is -0.251. The van der Waals surface area contributed by atoms with E-state index in [-0.39, 0.29) is 17.3 Å². The number of benzene rings is 1. The lowest BCUT2D eigenvalue weighted by Crippen LogP contribution is -2.40. The molecule has 21 heavy (non-hydrogen) atoms. The summed E-state index contributed by atoms with van der Waals surface area (Å²) in [4.78, 5) is 3.87. The maximum atomic E-state index is 14.2. The van der Waals surface area contributed by atoms with Crippen LogP contribution >= 0.6 is 0 Å². The van der Waals surface area contributed by atoms with Crippen molar-refractivity contribution in [3.05, 3.63) is 65.7 Å².